The quantitative estimate of drug-likeness (QED) is 0.730. The Kier molecular flexibility index (Phi) is 5.24. The molecule has 3 rings (SSSR count). The number of aryl methyl sites for hydroxylation is 1. The molecule has 3 aromatic rings. The number of carbonyl (C=O) groups is 1. The maximum Gasteiger partial charge on any atom is 0.251 e. The summed E-state index contributed by atoms with van der Waals surface area (Å²) in [5, 5.41) is 14.6. The molecule has 0 aliphatic carbocycles. The summed E-state index contributed by atoms with van der Waals surface area (Å²) in [7, 11) is 0. The number of hydrogen-bond donors (Lipinski definition) is 2. The van der Waals surface area contributed by atoms with Gasteiger partial charge in [0, 0.05) is 5.56 Å². The Bertz CT molecular complexity index is 814. The topological polar surface area (TPSA) is 49.3 Å². The molecule has 3 nitrogen and oxygen atoms in total. The number of aliphatic hydroxyl groups excluding tert-OH is 1. The van der Waals surface area contributed by atoms with Crippen molar-refractivity contribution in [2.45, 2.75) is 18.9 Å². The van der Waals surface area contributed by atoms with Crippen molar-refractivity contribution in [1.29, 1.82) is 0 Å². The number of nitrogens with one attached hydrogen (secondary N) is 1. The third-order valence-corrected chi connectivity index (χ3v) is 4.19. The van der Waals surface area contributed by atoms with Crippen LogP contribution in [0.2, 0.25) is 0 Å². The maximum absolute atomic E-state index is 12.4. The van der Waals surface area contributed by atoms with Gasteiger partial charge < -0.3 is 10.4 Å². The Morgan fingerprint density at radius 1 is 0.917 bits per heavy atom. The lowest BCUT2D eigenvalue weighted by molar-refractivity contribution is 0.0913. The zero-order chi connectivity index (χ0) is 16.8. The first-order chi connectivity index (χ1) is 11.8. The molecule has 0 aliphatic heterocycles. The highest BCUT2D eigenvalue weighted by Crippen LogP contribution is 2.16. The van der Waals surface area contributed by atoms with Crippen molar-refractivity contribution in [3.8, 4) is 0 Å². The van der Waals surface area contributed by atoms with Gasteiger partial charge >= 0.3 is 0 Å². The molecule has 0 radical (unpaired) electrons. The van der Waals surface area contributed by atoms with Crippen LogP contribution < -0.4 is 5.32 Å². The predicted molar refractivity (Wildman–Crippen MR) is 97.1 cm³/mol. The molecule has 0 saturated heterocycles. The second-order valence-corrected chi connectivity index (χ2v) is 5.94. The molecule has 0 saturated carbocycles. The monoisotopic (exact) mass is 319 g/mol. The normalized spacial score (nSPS) is 12.0. The summed E-state index contributed by atoms with van der Waals surface area (Å²) in [6, 6.07) is 23.4. The van der Waals surface area contributed by atoms with Crippen molar-refractivity contribution in [2.75, 3.05) is 6.61 Å². The minimum atomic E-state index is -0.246. The molecule has 1 amide bonds. The van der Waals surface area contributed by atoms with Crippen molar-refractivity contribution in [3.05, 3.63) is 83.9 Å². The van der Waals surface area contributed by atoms with E-state index < -0.39 is 0 Å². The molecule has 1 atom stereocenters. The third kappa shape index (κ3) is 4.00. The number of benzene rings is 3. The third-order valence-electron chi connectivity index (χ3n) is 4.19. The number of carbonyl (C=O) groups excluding carboxylic acids is 1. The molecule has 0 fully saturated rings. The smallest absolute Gasteiger partial charge is 0.251 e. The number of rotatable bonds is 6. The van der Waals surface area contributed by atoms with Crippen molar-refractivity contribution >= 4 is 16.7 Å². The number of amides is 1. The highest BCUT2D eigenvalue weighted by Gasteiger charge is 2.13. The van der Waals surface area contributed by atoms with Crippen LogP contribution in [0.4, 0.5) is 0 Å². The summed E-state index contributed by atoms with van der Waals surface area (Å²) in [4.78, 5) is 12.4. The summed E-state index contributed by atoms with van der Waals surface area (Å²) in [6.07, 6.45) is 1.53. The Hall–Kier alpha value is -2.65. The van der Waals surface area contributed by atoms with Gasteiger partial charge in [0.1, 0.15) is 0 Å². The number of aliphatic hydroxyl groups is 1. The van der Waals surface area contributed by atoms with Crippen LogP contribution in [-0.4, -0.2) is 23.7 Å². The van der Waals surface area contributed by atoms with Crippen LogP contribution in [0, 0.1) is 0 Å². The zero-order valence-electron chi connectivity index (χ0n) is 13.5. The number of hydrogen-bond acceptors (Lipinski definition) is 2. The first-order valence-electron chi connectivity index (χ1n) is 8.21. The summed E-state index contributed by atoms with van der Waals surface area (Å²) in [5.41, 5.74) is 1.82. The van der Waals surface area contributed by atoms with E-state index >= 15 is 0 Å². The van der Waals surface area contributed by atoms with Gasteiger partial charge in [0.15, 0.2) is 0 Å². The Balaban J connectivity index is 1.64. The molecule has 0 aliphatic rings. The number of fused-ring (bicyclic) bond motifs is 1. The largest absolute Gasteiger partial charge is 0.394 e. The van der Waals surface area contributed by atoms with E-state index in [4.69, 9.17) is 0 Å². The van der Waals surface area contributed by atoms with Crippen molar-refractivity contribution in [1.82, 2.24) is 5.32 Å². The van der Waals surface area contributed by atoms with E-state index in [0.29, 0.717) is 12.0 Å². The molecular formula is C21H21NO2. The maximum atomic E-state index is 12.4. The van der Waals surface area contributed by atoms with E-state index in [-0.39, 0.29) is 18.6 Å². The van der Waals surface area contributed by atoms with Gasteiger partial charge in [0.05, 0.1) is 12.6 Å². The molecule has 0 aromatic heterocycles. The molecule has 3 aromatic carbocycles. The molecule has 3 heteroatoms. The molecule has 0 bridgehead atoms. The summed E-state index contributed by atoms with van der Waals surface area (Å²) >= 11 is 0. The highest BCUT2D eigenvalue weighted by molar-refractivity contribution is 5.98. The molecule has 0 unspecified atom stereocenters. The van der Waals surface area contributed by atoms with Gasteiger partial charge in [-0.15, -0.1) is 0 Å². The van der Waals surface area contributed by atoms with Crippen LogP contribution >= 0.6 is 0 Å². The van der Waals surface area contributed by atoms with E-state index in [9.17, 15) is 9.90 Å². The van der Waals surface area contributed by atoms with Crippen molar-refractivity contribution in [3.63, 3.8) is 0 Å². The summed E-state index contributed by atoms with van der Waals surface area (Å²) < 4.78 is 0. The fraction of sp³-hybridized carbons (Fsp3) is 0.190. The van der Waals surface area contributed by atoms with Gasteiger partial charge in [-0.05, 0) is 41.3 Å². The van der Waals surface area contributed by atoms with Crippen molar-refractivity contribution < 1.29 is 9.90 Å². The average Bonchev–Trinajstić information content (AvgIpc) is 2.65. The Morgan fingerprint density at radius 2 is 1.62 bits per heavy atom. The van der Waals surface area contributed by atoms with Crippen molar-refractivity contribution in [2.24, 2.45) is 0 Å². The molecule has 2 N–H and O–H groups in total. The van der Waals surface area contributed by atoms with Crippen LogP contribution in [-0.2, 0) is 6.42 Å². The lowest BCUT2D eigenvalue weighted by atomic mass is 10.0. The predicted octanol–water partition coefficient (Wildman–Crippen LogP) is 3.56. The first kappa shape index (κ1) is 16.2. The van der Waals surface area contributed by atoms with E-state index in [1.807, 2.05) is 60.7 Å². The second kappa shape index (κ2) is 7.75. The highest BCUT2D eigenvalue weighted by atomic mass is 16.3. The van der Waals surface area contributed by atoms with E-state index in [2.05, 4.69) is 17.4 Å². The first-order valence-corrected chi connectivity index (χ1v) is 8.21. The van der Waals surface area contributed by atoms with Gasteiger partial charge in [0.2, 0.25) is 0 Å². The van der Waals surface area contributed by atoms with E-state index in [1.54, 1.807) is 0 Å². The minimum absolute atomic E-state index is 0.0633. The van der Waals surface area contributed by atoms with Gasteiger partial charge in [0.25, 0.3) is 5.91 Å². The van der Waals surface area contributed by atoms with E-state index in [0.717, 1.165) is 17.2 Å². The van der Waals surface area contributed by atoms with Crippen LogP contribution in [0.1, 0.15) is 22.3 Å². The van der Waals surface area contributed by atoms with Crippen LogP contribution in [0.25, 0.3) is 10.8 Å². The average molecular weight is 319 g/mol. The fourth-order valence-corrected chi connectivity index (χ4v) is 2.79. The fourth-order valence-electron chi connectivity index (χ4n) is 2.79. The standard InChI is InChI=1S/C21H21NO2/c23-15-20(13-10-16-6-2-1-3-7-16)22-21(24)19-12-11-17-8-4-5-9-18(17)14-19/h1-9,11-12,14,20,23H,10,13,15H2,(H,22,24)/t20-/m1/s1. The molecule has 0 heterocycles. The molecule has 0 spiro atoms. The van der Waals surface area contributed by atoms with Crippen LogP contribution in [0.5, 0.6) is 0 Å². The van der Waals surface area contributed by atoms with Gasteiger partial charge in [-0.1, -0.05) is 60.7 Å². The SMILES string of the molecule is O=C(N[C@@H](CO)CCc1ccccc1)c1ccc2ccccc2c1. The Morgan fingerprint density at radius 3 is 2.38 bits per heavy atom. The Labute approximate surface area is 142 Å². The molecule has 122 valence electrons. The lowest BCUT2D eigenvalue weighted by Gasteiger charge is -2.16. The van der Waals surface area contributed by atoms with Crippen LogP contribution in [0.15, 0.2) is 72.8 Å². The van der Waals surface area contributed by atoms with Gasteiger partial charge in [-0.2, -0.15) is 0 Å². The van der Waals surface area contributed by atoms with E-state index in [1.165, 1.54) is 5.56 Å². The van der Waals surface area contributed by atoms with Gasteiger partial charge in [-0.3, -0.25) is 4.79 Å². The molecular weight excluding hydrogens is 298 g/mol. The van der Waals surface area contributed by atoms with Crippen LogP contribution in [0.3, 0.4) is 0 Å². The summed E-state index contributed by atoms with van der Waals surface area (Å²) in [6.45, 7) is -0.0633. The van der Waals surface area contributed by atoms with Gasteiger partial charge in [-0.25, -0.2) is 0 Å². The molecule has 24 heavy (non-hydrogen) atoms. The lowest BCUT2D eigenvalue weighted by Crippen LogP contribution is -2.37. The zero-order valence-corrected chi connectivity index (χ0v) is 13.5. The second-order valence-electron chi connectivity index (χ2n) is 5.94. The minimum Gasteiger partial charge on any atom is -0.394 e. The summed E-state index contributed by atoms with van der Waals surface area (Å²) in [5.74, 6) is -0.145.